The van der Waals surface area contributed by atoms with Gasteiger partial charge in [-0.15, -0.1) is 0 Å². The molecular formula is C15H18N2OS. The van der Waals surface area contributed by atoms with Crippen molar-refractivity contribution in [2.45, 2.75) is 26.4 Å². The number of rotatable bonds is 5. The van der Waals surface area contributed by atoms with Crippen molar-refractivity contribution in [1.29, 1.82) is 0 Å². The molecule has 19 heavy (non-hydrogen) atoms. The first kappa shape index (κ1) is 13.6. The Morgan fingerprint density at radius 3 is 2.53 bits per heavy atom. The fraction of sp³-hybridized carbons (Fsp3) is 0.267. The van der Waals surface area contributed by atoms with Crippen molar-refractivity contribution in [2.24, 2.45) is 0 Å². The monoisotopic (exact) mass is 274 g/mol. The lowest BCUT2D eigenvalue weighted by Crippen LogP contribution is -2.29. The lowest BCUT2D eigenvalue weighted by atomic mass is 10.2. The molecule has 1 amide bonds. The van der Waals surface area contributed by atoms with Crippen LogP contribution >= 0.6 is 11.3 Å². The third kappa shape index (κ3) is 4.10. The predicted molar refractivity (Wildman–Crippen MR) is 80.7 cm³/mol. The molecule has 1 aromatic heterocycles. The topological polar surface area (TPSA) is 41.1 Å². The number of carbonyl (C=O) groups is 1. The molecule has 2 N–H and O–H groups in total. The predicted octanol–water partition coefficient (Wildman–Crippen LogP) is 3.50. The Morgan fingerprint density at radius 2 is 1.95 bits per heavy atom. The molecule has 0 unspecified atom stereocenters. The molecule has 3 nitrogen and oxygen atoms in total. The van der Waals surface area contributed by atoms with Crippen LogP contribution in [0.1, 0.15) is 29.8 Å². The number of thiophene rings is 1. The number of carbonyl (C=O) groups excluding carboxylic acids is 1. The van der Waals surface area contributed by atoms with Crippen LogP contribution in [-0.4, -0.2) is 11.9 Å². The lowest BCUT2D eigenvalue weighted by molar-refractivity contribution is 0.0943. The van der Waals surface area contributed by atoms with Gasteiger partial charge in [0.2, 0.25) is 0 Å². The molecule has 0 aliphatic carbocycles. The number of hydrogen-bond acceptors (Lipinski definition) is 3. The van der Waals surface area contributed by atoms with E-state index in [0.29, 0.717) is 5.56 Å². The van der Waals surface area contributed by atoms with Gasteiger partial charge in [-0.25, -0.2) is 0 Å². The second kappa shape index (κ2) is 6.38. The first-order valence-electron chi connectivity index (χ1n) is 6.31. The Bertz CT molecular complexity index is 518. The fourth-order valence-electron chi connectivity index (χ4n) is 1.68. The summed E-state index contributed by atoms with van der Waals surface area (Å²) in [5.41, 5.74) is 2.98. The standard InChI is InChI=1S/C15H18N2OS/c1-11(2)17-15(18)13-3-5-14(6-4-13)16-9-12-7-8-19-10-12/h3-8,10-11,16H,9H2,1-2H3,(H,17,18). The van der Waals surface area contributed by atoms with Crippen molar-refractivity contribution < 1.29 is 4.79 Å². The maximum absolute atomic E-state index is 11.8. The van der Waals surface area contributed by atoms with Crippen LogP contribution in [0.15, 0.2) is 41.1 Å². The summed E-state index contributed by atoms with van der Waals surface area (Å²) >= 11 is 1.69. The molecule has 100 valence electrons. The van der Waals surface area contributed by atoms with E-state index in [-0.39, 0.29) is 11.9 Å². The molecule has 0 saturated heterocycles. The van der Waals surface area contributed by atoms with E-state index in [2.05, 4.69) is 27.5 Å². The highest BCUT2D eigenvalue weighted by Gasteiger charge is 2.06. The normalized spacial score (nSPS) is 10.5. The number of amides is 1. The molecule has 0 aliphatic rings. The van der Waals surface area contributed by atoms with E-state index in [4.69, 9.17) is 0 Å². The number of hydrogen-bond donors (Lipinski definition) is 2. The van der Waals surface area contributed by atoms with Gasteiger partial charge in [-0.3, -0.25) is 4.79 Å². The van der Waals surface area contributed by atoms with Gasteiger partial charge in [-0.1, -0.05) is 0 Å². The van der Waals surface area contributed by atoms with Crippen LogP contribution in [0.3, 0.4) is 0 Å². The zero-order valence-corrected chi connectivity index (χ0v) is 12.0. The molecule has 0 bridgehead atoms. The molecule has 0 saturated carbocycles. The highest BCUT2D eigenvalue weighted by molar-refractivity contribution is 7.07. The highest BCUT2D eigenvalue weighted by atomic mass is 32.1. The second-order valence-corrected chi connectivity index (χ2v) is 5.47. The summed E-state index contributed by atoms with van der Waals surface area (Å²) < 4.78 is 0. The van der Waals surface area contributed by atoms with E-state index in [1.165, 1.54) is 5.56 Å². The molecular weight excluding hydrogens is 256 g/mol. The van der Waals surface area contributed by atoms with Gasteiger partial charge in [0, 0.05) is 23.8 Å². The summed E-state index contributed by atoms with van der Waals surface area (Å²) in [6.07, 6.45) is 0. The zero-order valence-electron chi connectivity index (χ0n) is 11.1. The first-order chi connectivity index (χ1) is 9.15. The smallest absolute Gasteiger partial charge is 0.251 e. The van der Waals surface area contributed by atoms with Crippen molar-refractivity contribution in [1.82, 2.24) is 5.32 Å². The fourth-order valence-corrected chi connectivity index (χ4v) is 2.35. The Hall–Kier alpha value is -1.81. The minimum Gasteiger partial charge on any atom is -0.381 e. The Balaban J connectivity index is 1.92. The van der Waals surface area contributed by atoms with E-state index < -0.39 is 0 Å². The van der Waals surface area contributed by atoms with Crippen molar-refractivity contribution in [3.63, 3.8) is 0 Å². The van der Waals surface area contributed by atoms with E-state index in [1.54, 1.807) is 11.3 Å². The maximum Gasteiger partial charge on any atom is 0.251 e. The summed E-state index contributed by atoms with van der Waals surface area (Å²) in [5.74, 6) is -0.0283. The highest BCUT2D eigenvalue weighted by Crippen LogP contribution is 2.13. The molecule has 2 rings (SSSR count). The summed E-state index contributed by atoms with van der Waals surface area (Å²) in [4.78, 5) is 11.8. The Kier molecular flexibility index (Phi) is 4.58. The molecule has 1 heterocycles. The average Bonchev–Trinajstić information content (AvgIpc) is 2.89. The summed E-state index contributed by atoms with van der Waals surface area (Å²) in [5, 5.41) is 10.4. The van der Waals surface area contributed by atoms with Gasteiger partial charge < -0.3 is 10.6 Å². The van der Waals surface area contributed by atoms with Crippen LogP contribution < -0.4 is 10.6 Å². The van der Waals surface area contributed by atoms with Crippen LogP contribution in [0.4, 0.5) is 5.69 Å². The molecule has 0 aliphatic heterocycles. The van der Waals surface area contributed by atoms with Gasteiger partial charge in [0.1, 0.15) is 0 Å². The van der Waals surface area contributed by atoms with Gasteiger partial charge in [-0.2, -0.15) is 11.3 Å². The van der Waals surface area contributed by atoms with Gasteiger partial charge in [-0.05, 0) is 60.5 Å². The van der Waals surface area contributed by atoms with Crippen molar-refractivity contribution in [3.05, 3.63) is 52.2 Å². The van der Waals surface area contributed by atoms with E-state index in [9.17, 15) is 4.79 Å². The van der Waals surface area contributed by atoms with Crippen molar-refractivity contribution in [2.75, 3.05) is 5.32 Å². The minimum absolute atomic E-state index is 0.0283. The largest absolute Gasteiger partial charge is 0.381 e. The lowest BCUT2D eigenvalue weighted by Gasteiger charge is -2.09. The summed E-state index contributed by atoms with van der Waals surface area (Å²) in [6, 6.07) is 9.80. The third-order valence-electron chi connectivity index (χ3n) is 2.64. The summed E-state index contributed by atoms with van der Waals surface area (Å²) in [7, 11) is 0. The SMILES string of the molecule is CC(C)NC(=O)c1ccc(NCc2ccsc2)cc1. The van der Waals surface area contributed by atoms with Gasteiger partial charge in [0.25, 0.3) is 5.91 Å². The molecule has 0 radical (unpaired) electrons. The van der Waals surface area contributed by atoms with Crippen LogP contribution in [0.5, 0.6) is 0 Å². The van der Waals surface area contributed by atoms with Gasteiger partial charge >= 0.3 is 0 Å². The first-order valence-corrected chi connectivity index (χ1v) is 7.25. The average molecular weight is 274 g/mol. The van der Waals surface area contributed by atoms with E-state index >= 15 is 0 Å². The maximum atomic E-state index is 11.8. The van der Waals surface area contributed by atoms with Crippen LogP contribution in [0, 0.1) is 0 Å². The number of anilines is 1. The minimum atomic E-state index is -0.0283. The van der Waals surface area contributed by atoms with Crippen molar-refractivity contribution in [3.8, 4) is 0 Å². The van der Waals surface area contributed by atoms with Gasteiger partial charge in [0.05, 0.1) is 0 Å². The molecule has 0 atom stereocenters. The van der Waals surface area contributed by atoms with Crippen LogP contribution in [0.2, 0.25) is 0 Å². The molecule has 0 fully saturated rings. The molecule has 2 aromatic rings. The van der Waals surface area contributed by atoms with Crippen LogP contribution in [0.25, 0.3) is 0 Å². The second-order valence-electron chi connectivity index (χ2n) is 4.69. The quantitative estimate of drug-likeness (QED) is 0.876. The van der Waals surface area contributed by atoms with Crippen LogP contribution in [-0.2, 0) is 6.54 Å². The Labute approximate surface area is 117 Å². The number of benzene rings is 1. The number of nitrogens with one attached hydrogen (secondary N) is 2. The zero-order chi connectivity index (χ0) is 13.7. The third-order valence-corrected chi connectivity index (χ3v) is 3.38. The molecule has 0 spiro atoms. The van der Waals surface area contributed by atoms with E-state index in [1.807, 2.05) is 38.1 Å². The molecule has 1 aromatic carbocycles. The Morgan fingerprint density at radius 1 is 1.21 bits per heavy atom. The summed E-state index contributed by atoms with van der Waals surface area (Å²) in [6.45, 7) is 4.71. The van der Waals surface area contributed by atoms with Crippen molar-refractivity contribution >= 4 is 22.9 Å². The molecule has 4 heteroatoms. The van der Waals surface area contributed by atoms with Gasteiger partial charge in [0.15, 0.2) is 0 Å². The van der Waals surface area contributed by atoms with E-state index in [0.717, 1.165) is 12.2 Å².